The van der Waals surface area contributed by atoms with Gasteiger partial charge >= 0.3 is 0 Å². The predicted molar refractivity (Wildman–Crippen MR) is 125 cm³/mol. The largest absolute Gasteiger partial charge is 0.206 e. The van der Waals surface area contributed by atoms with Crippen LogP contribution in [-0.2, 0) is 0 Å². The molecule has 3 aromatic rings. The molecule has 0 amide bonds. The average Bonchev–Trinajstić information content (AvgIpc) is 2.80. The van der Waals surface area contributed by atoms with E-state index in [9.17, 15) is 13.2 Å². The second kappa shape index (κ2) is 10.3. The monoisotopic (exact) mass is 434 g/mol. The molecule has 3 heteroatoms. The molecule has 0 N–H and O–H groups in total. The maximum Gasteiger partial charge on any atom is 0.159 e. The van der Waals surface area contributed by atoms with Crippen LogP contribution in [0.25, 0.3) is 10.8 Å². The van der Waals surface area contributed by atoms with Crippen molar-refractivity contribution in [2.75, 3.05) is 0 Å². The molecule has 166 valence electrons. The lowest BCUT2D eigenvalue weighted by atomic mass is 9.77. The van der Waals surface area contributed by atoms with E-state index in [0.29, 0.717) is 27.8 Å². The van der Waals surface area contributed by atoms with Crippen molar-refractivity contribution in [2.45, 2.75) is 64.2 Å². The number of unbranched alkanes of at least 4 members (excludes halogenated alkanes) is 2. The summed E-state index contributed by atoms with van der Waals surface area (Å²) in [6.45, 7) is 2.24. The first kappa shape index (κ1) is 22.5. The van der Waals surface area contributed by atoms with Crippen molar-refractivity contribution < 1.29 is 13.2 Å². The quantitative estimate of drug-likeness (QED) is 0.279. The van der Waals surface area contributed by atoms with Gasteiger partial charge in [-0.2, -0.15) is 0 Å². The Morgan fingerprint density at radius 3 is 2.28 bits per heavy atom. The first-order chi connectivity index (χ1) is 15.5. The third kappa shape index (κ3) is 5.18. The Morgan fingerprint density at radius 2 is 1.53 bits per heavy atom. The number of fused-ring (bicyclic) bond motifs is 1. The van der Waals surface area contributed by atoms with E-state index in [1.165, 1.54) is 38.5 Å². The van der Waals surface area contributed by atoms with Gasteiger partial charge in [-0.3, -0.25) is 0 Å². The second-order valence-corrected chi connectivity index (χ2v) is 9.00. The Hall–Kier alpha value is -2.73. The van der Waals surface area contributed by atoms with Gasteiger partial charge in [0.25, 0.3) is 0 Å². The van der Waals surface area contributed by atoms with Crippen LogP contribution < -0.4 is 0 Å². The lowest BCUT2D eigenvalue weighted by Gasteiger charge is -2.29. The van der Waals surface area contributed by atoms with Crippen molar-refractivity contribution in [3.63, 3.8) is 0 Å². The summed E-state index contributed by atoms with van der Waals surface area (Å²) in [5.41, 5.74) is 1.93. The fraction of sp³-hybridized carbons (Fsp3) is 0.379. The third-order valence-corrected chi connectivity index (χ3v) is 6.78. The van der Waals surface area contributed by atoms with Gasteiger partial charge in [0.05, 0.1) is 5.56 Å². The van der Waals surface area contributed by atoms with Gasteiger partial charge in [-0.15, -0.1) is 0 Å². The molecule has 0 spiro atoms. The molecule has 0 heterocycles. The average molecular weight is 435 g/mol. The first-order valence-electron chi connectivity index (χ1n) is 11.7. The van der Waals surface area contributed by atoms with Gasteiger partial charge in [-0.05, 0) is 78.8 Å². The molecular formula is C29H29F3. The fourth-order valence-electron chi connectivity index (χ4n) is 4.87. The molecule has 4 rings (SSSR count). The van der Waals surface area contributed by atoms with Crippen molar-refractivity contribution in [3.8, 4) is 11.8 Å². The molecule has 0 unspecified atom stereocenters. The van der Waals surface area contributed by atoms with E-state index >= 15 is 0 Å². The molecular weight excluding hydrogens is 405 g/mol. The number of hydrogen-bond acceptors (Lipinski definition) is 0. The normalized spacial score (nSPS) is 18.4. The van der Waals surface area contributed by atoms with Crippen LogP contribution in [0.15, 0.2) is 48.5 Å². The highest BCUT2D eigenvalue weighted by Gasteiger charge is 2.22. The number of halogens is 3. The lowest BCUT2D eigenvalue weighted by molar-refractivity contribution is 0.302. The van der Waals surface area contributed by atoms with Gasteiger partial charge in [0.15, 0.2) is 11.6 Å². The van der Waals surface area contributed by atoms with Crippen molar-refractivity contribution in [3.05, 3.63) is 82.7 Å². The van der Waals surface area contributed by atoms with E-state index in [0.717, 1.165) is 36.5 Å². The zero-order chi connectivity index (χ0) is 22.5. The Bertz CT molecular complexity index is 1140. The Balaban J connectivity index is 1.47. The van der Waals surface area contributed by atoms with E-state index in [1.807, 2.05) is 6.07 Å². The SMILES string of the molecule is CCCCCC1CCC(c2ccc(C#Cc3cccc4cc(F)c(F)cc34)c(F)c2)CC1. The van der Waals surface area contributed by atoms with Crippen LogP contribution in [0.3, 0.4) is 0 Å². The van der Waals surface area contributed by atoms with Crippen LogP contribution in [0.5, 0.6) is 0 Å². The highest BCUT2D eigenvalue weighted by atomic mass is 19.2. The third-order valence-electron chi connectivity index (χ3n) is 6.78. The van der Waals surface area contributed by atoms with Crippen molar-refractivity contribution in [1.29, 1.82) is 0 Å². The van der Waals surface area contributed by atoms with E-state index in [4.69, 9.17) is 0 Å². The lowest BCUT2D eigenvalue weighted by Crippen LogP contribution is -2.13. The molecule has 1 aliphatic rings. The Morgan fingerprint density at radius 1 is 0.781 bits per heavy atom. The summed E-state index contributed by atoms with van der Waals surface area (Å²) in [5.74, 6) is 4.94. The Kier molecular flexibility index (Phi) is 7.20. The van der Waals surface area contributed by atoms with Gasteiger partial charge in [-0.1, -0.05) is 62.6 Å². The highest BCUT2D eigenvalue weighted by Crippen LogP contribution is 2.38. The van der Waals surface area contributed by atoms with Crippen LogP contribution in [0.4, 0.5) is 13.2 Å². The smallest absolute Gasteiger partial charge is 0.159 e. The summed E-state index contributed by atoms with van der Waals surface area (Å²) in [6, 6.07) is 12.8. The number of hydrogen-bond donors (Lipinski definition) is 0. The molecule has 0 radical (unpaired) electrons. The van der Waals surface area contributed by atoms with E-state index in [-0.39, 0.29) is 5.82 Å². The first-order valence-corrected chi connectivity index (χ1v) is 11.7. The fourth-order valence-corrected chi connectivity index (χ4v) is 4.87. The van der Waals surface area contributed by atoms with Crippen molar-refractivity contribution >= 4 is 10.8 Å². The van der Waals surface area contributed by atoms with Crippen LogP contribution in [-0.4, -0.2) is 0 Å². The molecule has 0 bridgehead atoms. The van der Waals surface area contributed by atoms with Crippen molar-refractivity contribution in [1.82, 2.24) is 0 Å². The zero-order valence-corrected chi connectivity index (χ0v) is 18.6. The van der Waals surface area contributed by atoms with Crippen molar-refractivity contribution in [2.24, 2.45) is 5.92 Å². The van der Waals surface area contributed by atoms with Crippen LogP contribution in [0, 0.1) is 35.2 Å². The van der Waals surface area contributed by atoms with Crippen LogP contribution in [0.1, 0.15) is 80.9 Å². The van der Waals surface area contributed by atoms with Crippen LogP contribution in [0.2, 0.25) is 0 Å². The number of benzene rings is 3. The molecule has 1 saturated carbocycles. The minimum Gasteiger partial charge on any atom is -0.206 e. The molecule has 0 aliphatic heterocycles. The summed E-state index contributed by atoms with van der Waals surface area (Å²) in [5, 5.41) is 1.09. The van der Waals surface area contributed by atoms with E-state index in [2.05, 4.69) is 18.8 Å². The van der Waals surface area contributed by atoms with Gasteiger partial charge in [-0.25, -0.2) is 13.2 Å². The van der Waals surface area contributed by atoms with Gasteiger partial charge in [0, 0.05) is 10.9 Å². The zero-order valence-electron chi connectivity index (χ0n) is 18.6. The molecule has 1 fully saturated rings. The maximum atomic E-state index is 14.8. The molecule has 0 atom stereocenters. The van der Waals surface area contributed by atoms with E-state index in [1.54, 1.807) is 30.3 Å². The molecule has 3 aromatic carbocycles. The highest BCUT2D eigenvalue weighted by molar-refractivity contribution is 5.88. The topological polar surface area (TPSA) is 0 Å². The summed E-state index contributed by atoms with van der Waals surface area (Å²) < 4.78 is 42.0. The summed E-state index contributed by atoms with van der Waals surface area (Å²) in [7, 11) is 0. The molecule has 0 nitrogen and oxygen atoms in total. The molecule has 1 aliphatic carbocycles. The number of rotatable bonds is 5. The maximum absolute atomic E-state index is 14.8. The summed E-state index contributed by atoms with van der Waals surface area (Å²) >= 11 is 0. The van der Waals surface area contributed by atoms with E-state index < -0.39 is 11.6 Å². The Labute approximate surface area is 188 Å². The second-order valence-electron chi connectivity index (χ2n) is 9.00. The van der Waals surface area contributed by atoms with Gasteiger partial charge in [0.2, 0.25) is 0 Å². The minimum atomic E-state index is -0.914. The molecule has 32 heavy (non-hydrogen) atoms. The molecule has 0 saturated heterocycles. The van der Waals surface area contributed by atoms with Crippen LogP contribution >= 0.6 is 0 Å². The standard InChI is InChI=1S/C29H29F3/c1-2-3-4-6-20-9-11-21(12-10-20)24-16-15-23(27(30)17-24)14-13-22-7-5-8-25-18-28(31)29(32)19-26(22)25/h5,7-8,15-21H,2-4,6,9-12H2,1H3. The molecule has 0 aromatic heterocycles. The van der Waals surface area contributed by atoms with Gasteiger partial charge < -0.3 is 0 Å². The van der Waals surface area contributed by atoms with Gasteiger partial charge in [0.1, 0.15) is 5.82 Å². The predicted octanol–water partition coefficient (Wildman–Crippen LogP) is 8.51. The minimum absolute atomic E-state index is 0.321. The summed E-state index contributed by atoms with van der Waals surface area (Å²) in [6.07, 6.45) is 9.95. The summed E-state index contributed by atoms with van der Waals surface area (Å²) in [4.78, 5) is 0.